The first-order chi connectivity index (χ1) is 12.9. The van der Waals surface area contributed by atoms with Gasteiger partial charge in [0.15, 0.2) is 5.82 Å². The summed E-state index contributed by atoms with van der Waals surface area (Å²) in [5.74, 6) is 1.62. The molecule has 27 heavy (non-hydrogen) atoms. The molecule has 1 unspecified atom stereocenters. The summed E-state index contributed by atoms with van der Waals surface area (Å²) in [6.45, 7) is 9.14. The molecule has 3 rings (SSSR count). The van der Waals surface area contributed by atoms with E-state index in [0.29, 0.717) is 17.6 Å². The molecule has 2 amide bonds. The van der Waals surface area contributed by atoms with Crippen molar-refractivity contribution < 1.29 is 9.32 Å². The third-order valence-corrected chi connectivity index (χ3v) is 6.20. The number of piperidine rings is 2. The lowest BCUT2D eigenvalue weighted by Gasteiger charge is -2.41. The zero-order valence-corrected chi connectivity index (χ0v) is 17.1. The van der Waals surface area contributed by atoms with Crippen LogP contribution < -0.4 is 5.32 Å². The van der Waals surface area contributed by atoms with Gasteiger partial charge >= 0.3 is 6.03 Å². The van der Waals surface area contributed by atoms with Crippen LogP contribution in [0.2, 0.25) is 0 Å². The molecule has 1 aromatic heterocycles. The summed E-state index contributed by atoms with van der Waals surface area (Å²) in [6.07, 6.45) is 4.90. The molecule has 1 atom stereocenters. The van der Waals surface area contributed by atoms with Crippen LogP contribution in [-0.2, 0) is 0 Å². The van der Waals surface area contributed by atoms with E-state index in [4.69, 9.17) is 4.52 Å². The van der Waals surface area contributed by atoms with Gasteiger partial charge in [0.2, 0.25) is 5.89 Å². The minimum Gasteiger partial charge on any atom is -0.338 e. The lowest BCUT2D eigenvalue weighted by atomic mass is 9.93. The van der Waals surface area contributed by atoms with E-state index in [9.17, 15) is 4.79 Å². The van der Waals surface area contributed by atoms with E-state index in [1.165, 1.54) is 25.9 Å². The predicted octanol–water partition coefficient (Wildman–Crippen LogP) is 1.89. The maximum atomic E-state index is 12.5. The summed E-state index contributed by atoms with van der Waals surface area (Å²) in [4.78, 5) is 23.4. The number of hydrogen-bond donors (Lipinski definition) is 1. The Kier molecular flexibility index (Phi) is 6.70. The smallest absolute Gasteiger partial charge is 0.317 e. The molecule has 0 bridgehead atoms. The summed E-state index contributed by atoms with van der Waals surface area (Å²) in [5.41, 5.74) is 0. The summed E-state index contributed by atoms with van der Waals surface area (Å²) in [7, 11) is 3.98. The molecule has 3 heterocycles. The highest BCUT2D eigenvalue weighted by atomic mass is 16.5. The molecule has 8 nitrogen and oxygen atoms in total. The molecule has 0 aromatic carbocycles. The topological polar surface area (TPSA) is 77.7 Å². The van der Waals surface area contributed by atoms with Gasteiger partial charge in [-0.15, -0.1) is 0 Å². The standard InChI is InChI=1S/C19H34N6O2/c1-14(18-21-15(2)22-27-18)24(4)19(26)20-13-16-5-11-25(12-6-16)17-7-9-23(3)10-8-17/h14,16-17H,5-13H2,1-4H3,(H,20,26). The molecular weight excluding hydrogens is 344 g/mol. The molecule has 2 fully saturated rings. The molecule has 2 aliphatic heterocycles. The Morgan fingerprint density at radius 3 is 2.52 bits per heavy atom. The monoisotopic (exact) mass is 378 g/mol. The van der Waals surface area contributed by atoms with Gasteiger partial charge in [-0.05, 0) is 78.7 Å². The van der Waals surface area contributed by atoms with Crippen molar-refractivity contribution in [1.82, 2.24) is 30.2 Å². The van der Waals surface area contributed by atoms with Gasteiger partial charge in [-0.2, -0.15) is 4.98 Å². The van der Waals surface area contributed by atoms with Crippen LogP contribution in [0, 0.1) is 12.8 Å². The summed E-state index contributed by atoms with van der Waals surface area (Å²) in [5, 5.41) is 6.88. The number of aromatic nitrogens is 2. The first kappa shape index (κ1) is 20.1. The second kappa shape index (κ2) is 9.01. The molecule has 0 radical (unpaired) electrons. The predicted molar refractivity (Wildman–Crippen MR) is 103 cm³/mol. The Balaban J connectivity index is 1.38. The van der Waals surface area contributed by atoms with Crippen LogP contribution in [0.1, 0.15) is 50.4 Å². The number of rotatable bonds is 5. The van der Waals surface area contributed by atoms with Crippen LogP contribution in [0.5, 0.6) is 0 Å². The highest BCUT2D eigenvalue weighted by molar-refractivity contribution is 5.74. The van der Waals surface area contributed by atoms with Gasteiger partial charge in [0.25, 0.3) is 0 Å². The quantitative estimate of drug-likeness (QED) is 0.843. The van der Waals surface area contributed by atoms with Crippen molar-refractivity contribution in [2.45, 2.75) is 51.6 Å². The molecule has 0 aliphatic carbocycles. The number of carbonyl (C=O) groups excluding carboxylic acids is 1. The van der Waals surface area contributed by atoms with Crippen LogP contribution in [0.25, 0.3) is 0 Å². The molecule has 2 saturated heterocycles. The number of likely N-dealkylation sites (tertiary alicyclic amines) is 2. The first-order valence-corrected chi connectivity index (χ1v) is 10.2. The van der Waals surface area contributed by atoms with Crippen molar-refractivity contribution in [2.75, 3.05) is 46.8 Å². The lowest BCUT2D eigenvalue weighted by molar-refractivity contribution is 0.0851. The average molecular weight is 379 g/mol. The van der Waals surface area contributed by atoms with Crippen molar-refractivity contribution in [3.63, 3.8) is 0 Å². The second-order valence-electron chi connectivity index (χ2n) is 8.17. The maximum Gasteiger partial charge on any atom is 0.317 e. The highest BCUT2D eigenvalue weighted by Crippen LogP contribution is 2.23. The lowest BCUT2D eigenvalue weighted by Crippen LogP contribution is -2.48. The Hall–Kier alpha value is -1.67. The van der Waals surface area contributed by atoms with Crippen molar-refractivity contribution in [3.8, 4) is 0 Å². The molecule has 152 valence electrons. The summed E-state index contributed by atoms with van der Waals surface area (Å²) in [6, 6.07) is 0.426. The van der Waals surface area contributed by atoms with Crippen LogP contribution in [-0.4, -0.2) is 83.7 Å². The Morgan fingerprint density at radius 2 is 1.93 bits per heavy atom. The number of nitrogens with zero attached hydrogens (tertiary/aromatic N) is 5. The van der Waals surface area contributed by atoms with E-state index in [0.717, 1.165) is 38.5 Å². The SMILES string of the molecule is Cc1noc(C(C)N(C)C(=O)NCC2CCN(C3CCN(C)CC3)CC2)n1. The highest BCUT2D eigenvalue weighted by Gasteiger charge is 2.28. The number of amides is 2. The Bertz CT molecular complexity index is 605. The fourth-order valence-electron chi connectivity index (χ4n) is 4.06. The zero-order valence-electron chi connectivity index (χ0n) is 17.1. The van der Waals surface area contributed by atoms with Crippen LogP contribution in [0.3, 0.4) is 0 Å². The molecule has 8 heteroatoms. The van der Waals surface area contributed by atoms with E-state index in [1.54, 1.807) is 18.9 Å². The first-order valence-electron chi connectivity index (χ1n) is 10.2. The van der Waals surface area contributed by atoms with Gasteiger partial charge in [0, 0.05) is 19.6 Å². The summed E-state index contributed by atoms with van der Waals surface area (Å²) < 4.78 is 5.18. The molecule has 0 saturated carbocycles. The minimum absolute atomic E-state index is 0.0869. The number of nitrogens with one attached hydrogen (secondary N) is 1. The zero-order chi connectivity index (χ0) is 19.4. The fourth-order valence-corrected chi connectivity index (χ4v) is 4.06. The number of carbonyl (C=O) groups is 1. The number of aryl methyl sites for hydroxylation is 1. The normalized spacial score (nSPS) is 21.9. The van der Waals surface area contributed by atoms with Gasteiger partial charge in [0.05, 0.1) is 0 Å². The molecule has 1 N–H and O–H groups in total. The van der Waals surface area contributed by atoms with Gasteiger partial charge in [-0.3, -0.25) is 0 Å². The van der Waals surface area contributed by atoms with Gasteiger partial charge < -0.3 is 24.5 Å². The number of urea groups is 1. The number of hydrogen-bond acceptors (Lipinski definition) is 6. The van der Waals surface area contributed by atoms with Crippen molar-refractivity contribution >= 4 is 6.03 Å². The third kappa shape index (κ3) is 5.19. The van der Waals surface area contributed by atoms with Gasteiger partial charge in [0.1, 0.15) is 6.04 Å². The van der Waals surface area contributed by atoms with E-state index in [2.05, 4.69) is 32.3 Å². The van der Waals surface area contributed by atoms with E-state index in [1.807, 2.05) is 6.92 Å². The van der Waals surface area contributed by atoms with Crippen LogP contribution in [0.15, 0.2) is 4.52 Å². The van der Waals surface area contributed by atoms with Crippen molar-refractivity contribution in [3.05, 3.63) is 11.7 Å². The molecular formula is C19H34N6O2. The Morgan fingerprint density at radius 1 is 1.26 bits per heavy atom. The summed E-state index contributed by atoms with van der Waals surface area (Å²) >= 11 is 0. The molecule has 2 aliphatic rings. The van der Waals surface area contributed by atoms with Gasteiger partial charge in [-0.25, -0.2) is 4.79 Å². The maximum absolute atomic E-state index is 12.5. The van der Waals surface area contributed by atoms with Crippen LogP contribution >= 0.6 is 0 Å². The second-order valence-corrected chi connectivity index (χ2v) is 8.17. The fraction of sp³-hybridized carbons (Fsp3) is 0.842. The van der Waals surface area contributed by atoms with E-state index < -0.39 is 0 Å². The van der Waals surface area contributed by atoms with Crippen molar-refractivity contribution in [1.29, 1.82) is 0 Å². The third-order valence-electron chi connectivity index (χ3n) is 6.20. The Labute approximate surface area is 162 Å². The minimum atomic E-state index is -0.238. The average Bonchev–Trinajstić information content (AvgIpc) is 3.12. The van der Waals surface area contributed by atoms with E-state index >= 15 is 0 Å². The largest absolute Gasteiger partial charge is 0.338 e. The van der Waals surface area contributed by atoms with Crippen molar-refractivity contribution in [2.24, 2.45) is 5.92 Å². The van der Waals surface area contributed by atoms with Gasteiger partial charge in [-0.1, -0.05) is 5.16 Å². The van der Waals surface area contributed by atoms with E-state index in [-0.39, 0.29) is 12.1 Å². The van der Waals surface area contributed by atoms with Crippen LogP contribution in [0.4, 0.5) is 4.79 Å². The molecule has 0 spiro atoms. The molecule has 1 aromatic rings.